The minimum atomic E-state index is -0.362. The van der Waals surface area contributed by atoms with E-state index in [-0.39, 0.29) is 36.0 Å². The molecule has 0 aliphatic heterocycles. The molecule has 2 amide bonds. The lowest BCUT2D eigenvalue weighted by Crippen LogP contribution is -2.39. The molecule has 5 aromatic rings. The van der Waals surface area contributed by atoms with Gasteiger partial charge in [-0.25, -0.2) is 9.07 Å². The summed E-state index contributed by atoms with van der Waals surface area (Å²) in [5.74, 6) is -0.287. The van der Waals surface area contributed by atoms with Gasteiger partial charge in [-0.15, -0.1) is 0 Å². The lowest BCUT2D eigenvalue weighted by atomic mass is 10.1. The molecule has 1 unspecified atom stereocenters. The zero-order valence-electron chi connectivity index (χ0n) is 22.4. The van der Waals surface area contributed by atoms with Gasteiger partial charge in [-0.3, -0.25) is 9.59 Å². The second-order valence-electron chi connectivity index (χ2n) is 10.3. The van der Waals surface area contributed by atoms with E-state index >= 15 is 0 Å². The Morgan fingerprint density at radius 1 is 0.854 bits per heavy atom. The molecular formula is C34H29FN4O2. The summed E-state index contributed by atoms with van der Waals surface area (Å²) in [6.45, 7) is 0.221. The van der Waals surface area contributed by atoms with Gasteiger partial charge in [-0.1, -0.05) is 91.0 Å². The van der Waals surface area contributed by atoms with E-state index in [9.17, 15) is 14.0 Å². The van der Waals surface area contributed by atoms with Crippen molar-refractivity contribution in [2.24, 2.45) is 5.92 Å². The Hall–Kier alpha value is -5.04. The summed E-state index contributed by atoms with van der Waals surface area (Å²) in [5, 5.41) is 7.66. The molecule has 1 heterocycles. The van der Waals surface area contributed by atoms with Crippen LogP contribution in [-0.2, 0) is 16.1 Å². The van der Waals surface area contributed by atoms with E-state index < -0.39 is 0 Å². The lowest BCUT2D eigenvalue weighted by molar-refractivity contribution is -0.136. The van der Waals surface area contributed by atoms with E-state index in [0.717, 1.165) is 23.1 Å². The number of rotatable bonds is 9. The summed E-state index contributed by atoms with van der Waals surface area (Å²) >= 11 is 0. The number of nitrogens with one attached hydrogen (secondary N) is 1. The van der Waals surface area contributed by atoms with Gasteiger partial charge in [0.1, 0.15) is 18.2 Å². The molecule has 2 atom stereocenters. The predicted octanol–water partition coefficient (Wildman–Crippen LogP) is 6.45. The van der Waals surface area contributed by atoms with Crippen LogP contribution in [-0.4, -0.2) is 33.0 Å². The number of nitrogens with zero attached hydrogens (tertiary/aromatic N) is 3. The van der Waals surface area contributed by atoms with Crippen molar-refractivity contribution >= 4 is 17.6 Å². The lowest BCUT2D eigenvalue weighted by Gasteiger charge is -2.23. The highest BCUT2D eigenvalue weighted by molar-refractivity contribution is 5.95. The van der Waals surface area contributed by atoms with Crippen LogP contribution in [0.3, 0.4) is 0 Å². The molecule has 1 fully saturated rings. The van der Waals surface area contributed by atoms with Crippen LogP contribution in [0.4, 0.5) is 10.2 Å². The van der Waals surface area contributed by atoms with Crippen molar-refractivity contribution in [2.75, 3.05) is 11.9 Å². The zero-order valence-corrected chi connectivity index (χ0v) is 22.4. The van der Waals surface area contributed by atoms with Crippen LogP contribution in [0.2, 0.25) is 0 Å². The molecule has 1 N–H and O–H groups in total. The molecule has 0 saturated heterocycles. The average Bonchev–Trinajstić information content (AvgIpc) is 3.71. The zero-order chi connectivity index (χ0) is 28.2. The van der Waals surface area contributed by atoms with Crippen LogP contribution in [0, 0.1) is 11.7 Å². The number of benzene rings is 4. The smallest absolute Gasteiger partial charge is 0.245 e. The van der Waals surface area contributed by atoms with Gasteiger partial charge >= 0.3 is 0 Å². The quantitative estimate of drug-likeness (QED) is 0.232. The normalized spacial score (nSPS) is 15.7. The van der Waals surface area contributed by atoms with E-state index in [1.165, 1.54) is 12.1 Å². The van der Waals surface area contributed by atoms with Crippen molar-refractivity contribution < 1.29 is 14.0 Å². The molecule has 1 aliphatic rings. The standard InChI is InChI=1S/C34H29FN4O2/c35-27-16-18-28(19-17-27)39-32(21-31(37-39)26-14-8-3-9-15-26)36-33(40)23-38(22-24-10-4-1-5-11-24)34(41)30-20-29(30)25-12-6-2-7-13-25/h1-19,21,29-30H,20,22-23H2,(H,36,40)/t29-,30?/m0/s1. The SMILES string of the molecule is O=C(CN(Cc1ccccc1)C(=O)C1C[C@H]1c1ccccc1)Nc1cc(-c2ccccc2)nn1-c1ccc(F)cc1. The van der Waals surface area contributed by atoms with Crippen LogP contribution in [0.5, 0.6) is 0 Å². The Kier molecular flexibility index (Phi) is 7.41. The van der Waals surface area contributed by atoms with E-state index in [4.69, 9.17) is 5.10 Å². The van der Waals surface area contributed by atoms with E-state index in [1.807, 2.05) is 91.0 Å². The topological polar surface area (TPSA) is 67.2 Å². The Morgan fingerprint density at radius 2 is 1.49 bits per heavy atom. The Morgan fingerprint density at radius 3 is 2.17 bits per heavy atom. The maximum Gasteiger partial charge on any atom is 0.245 e. The summed E-state index contributed by atoms with van der Waals surface area (Å²) in [6, 6.07) is 37.0. The van der Waals surface area contributed by atoms with Gasteiger partial charge in [0.2, 0.25) is 11.8 Å². The van der Waals surface area contributed by atoms with Crippen LogP contribution in [0.15, 0.2) is 121 Å². The van der Waals surface area contributed by atoms with Crippen LogP contribution < -0.4 is 5.32 Å². The molecular weight excluding hydrogens is 515 g/mol. The predicted molar refractivity (Wildman–Crippen MR) is 157 cm³/mol. The van der Waals surface area contributed by atoms with Crippen LogP contribution in [0.1, 0.15) is 23.5 Å². The van der Waals surface area contributed by atoms with Crippen molar-refractivity contribution in [2.45, 2.75) is 18.9 Å². The van der Waals surface area contributed by atoms with E-state index in [0.29, 0.717) is 23.7 Å². The molecule has 6 rings (SSSR count). The molecule has 0 bridgehead atoms. The monoisotopic (exact) mass is 544 g/mol. The maximum atomic E-state index is 13.7. The Bertz CT molecular complexity index is 1640. The number of carbonyl (C=O) groups is 2. The third kappa shape index (κ3) is 6.09. The summed E-state index contributed by atoms with van der Waals surface area (Å²) < 4.78 is 15.2. The average molecular weight is 545 g/mol. The first-order valence-electron chi connectivity index (χ1n) is 13.6. The minimum Gasteiger partial charge on any atom is -0.329 e. The molecule has 1 aliphatic carbocycles. The number of halogens is 1. The van der Waals surface area contributed by atoms with Crippen molar-refractivity contribution in [3.8, 4) is 16.9 Å². The minimum absolute atomic E-state index is 0.0325. The first-order chi connectivity index (χ1) is 20.0. The Labute approximate surface area is 238 Å². The second-order valence-corrected chi connectivity index (χ2v) is 10.3. The highest BCUT2D eigenvalue weighted by atomic mass is 19.1. The molecule has 41 heavy (non-hydrogen) atoms. The second kappa shape index (κ2) is 11.6. The third-order valence-corrected chi connectivity index (χ3v) is 7.32. The molecule has 7 heteroatoms. The molecule has 1 aromatic heterocycles. The van der Waals surface area contributed by atoms with Gasteiger partial charge < -0.3 is 10.2 Å². The van der Waals surface area contributed by atoms with Crippen molar-refractivity contribution in [3.63, 3.8) is 0 Å². The molecule has 0 radical (unpaired) electrons. The van der Waals surface area contributed by atoms with Gasteiger partial charge in [0.15, 0.2) is 0 Å². The number of anilines is 1. The number of aromatic nitrogens is 2. The summed E-state index contributed by atoms with van der Waals surface area (Å²) in [5.41, 5.74) is 4.24. The molecule has 1 saturated carbocycles. The number of carbonyl (C=O) groups excluding carboxylic acids is 2. The van der Waals surface area contributed by atoms with E-state index in [2.05, 4.69) is 5.32 Å². The van der Waals surface area contributed by atoms with Crippen molar-refractivity contribution in [1.29, 1.82) is 0 Å². The van der Waals surface area contributed by atoms with Crippen molar-refractivity contribution in [3.05, 3.63) is 138 Å². The summed E-state index contributed by atoms with van der Waals surface area (Å²) in [4.78, 5) is 28.8. The molecule has 0 spiro atoms. The maximum absolute atomic E-state index is 13.7. The van der Waals surface area contributed by atoms with Gasteiger partial charge in [0, 0.05) is 24.1 Å². The molecule has 204 valence electrons. The summed E-state index contributed by atoms with van der Waals surface area (Å²) in [7, 11) is 0. The van der Waals surface area contributed by atoms with Gasteiger partial charge in [-0.2, -0.15) is 5.10 Å². The van der Waals surface area contributed by atoms with Crippen molar-refractivity contribution in [1.82, 2.24) is 14.7 Å². The Balaban J connectivity index is 1.25. The highest BCUT2D eigenvalue weighted by Gasteiger charge is 2.46. The fourth-order valence-corrected chi connectivity index (χ4v) is 5.14. The van der Waals surface area contributed by atoms with Gasteiger partial charge in [0.05, 0.1) is 11.4 Å². The fourth-order valence-electron chi connectivity index (χ4n) is 5.14. The first-order valence-corrected chi connectivity index (χ1v) is 13.6. The molecule has 4 aromatic carbocycles. The van der Waals surface area contributed by atoms with Gasteiger partial charge in [0.25, 0.3) is 0 Å². The van der Waals surface area contributed by atoms with Crippen LogP contribution in [0.25, 0.3) is 16.9 Å². The third-order valence-electron chi connectivity index (χ3n) is 7.32. The molecule has 6 nitrogen and oxygen atoms in total. The van der Waals surface area contributed by atoms with Gasteiger partial charge in [-0.05, 0) is 47.7 Å². The van der Waals surface area contributed by atoms with E-state index in [1.54, 1.807) is 27.8 Å². The largest absolute Gasteiger partial charge is 0.329 e. The summed E-state index contributed by atoms with van der Waals surface area (Å²) in [6.07, 6.45) is 0.771. The van der Waals surface area contributed by atoms with Crippen LogP contribution >= 0.6 is 0 Å². The fraction of sp³-hybridized carbons (Fsp3) is 0.147. The number of amides is 2. The first kappa shape index (κ1) is 26.2. The highest BCUT2D eigenvalue weighted by Crippen LogP contribution is 2.48. The number of hydrogen-bond acceptors (Lipinski definition) is 3. The number of hydrogen-bond donors (Lipinski definition) is 1.